The number of aliphatic hydroxyl groups excluding tert-OH is 1. The van der Waals surface area contributed by atoms with Gasteiger partial charge in [-0.05, 0) is 36.8 Å². The van der Waals surface area contributed by atoms with Gasteiger partial charge in [-0.15, -0.1) is 0 Å². The van der Waals surface area contributed by atoms with E-state index >= 15 is 0 Å². The van der Waals surface area contributed by atoms with Crippen LogP contribution in [-0.2, 0) is 10.0 Å². The van der Waals surface area contributed by atoms with Crippen molar-refractivity contribution < 1.29 is 17.9 Å². The zero-order chi connectivity index (χ0) is 15.5. The SMILES string of the molecule is CC(NS(=O)(=O)c1ccccn1)C(O)c1ccc(F)cc1. The minimum atomic E-state index is -3.82. The van der Waals surface area contributed by atoms with Crippen molar-refractivity contribution in [3.05, 3.63) is 60.0 Å². The molecule has 0 radical (unpaired) electrons. The second-order valence-electron chi connectivity index (χ2n) is 4.57. The molecule has 2 N–H and O–H groups in total. The molecule has 0 aliphatic rings. The highest BCUT2D eigenvalue weighted by molar-refractivity contribution is 7.89. The summed E-state index contributed by atoms with van der Waals surface area (Å²) < 4.78 is 39.4. The molecule has 0 amide bonds. The second-order valence-corrected chi connectivity index (χ2v) is 6.24. The summed E-state index contributed by atoms with van der Waals surface area (Å²) >= 11 is 0. The zero-order valence-corrected chi connectivity index (χ0v) is 12.1. The van der Waals surface area contributed by atoms with E-state index in [1.807, 2.05) is 0 Å². The molecule has 5 nitrogen and oxygen atoms in total. The largest absolute Gasteiger partial charge is 0.387 e. The predicted octanol–water partition coefficient (Wildman–Crippen LogP) is 1.62. The molecule has 0 aliphatic carbocycles. The molecule has 0 spiro atoms. The van der Waals surface area contributed by atoms with Crippen molar-refractivity contribution >= 4 is 10.0 Å². The van der Waals surface area contributed by atoms with Crippen molar-refractivity contribution in [2.24, 2.45) is 0 Å². The summed E-state index contributed by atoms with van der Waals surface area (Å²) in [5.74, 6) is -0.423. The van der Waals surface area contributed by atoms with Crippen LogP contribution in [0.2, 0.25) is 0 Å². The van der Waals surface area contributed by atoms with Crippen molar-refractivity contribution in [1.29, 1.82) is 0 Å². The topological polar surface area (TPSA) is 79.3 Å². The van der Waals surface area contributed by atoms with Crippen LogP contribution < -0.4 is 4.72 Å². The molecular formula is C14H15FN2O3S. The number of rotatable bonds is 5. The molecule has 2 rings (SSSR count). The maximum Gasteiger partial charge on any atom is 0.258 e. The first-order valence-electron chi connectivity index (χ1n) is 6.27. The van der Waals surface area contributed by atoms with Crippen LogP contribution in [0.4, 0.5) is 4.39 Å². The van der Waals surface area contributed by atoms with Crippen LogP contribution in [0.5, 0.6) is 0 Å². The molecule has 2 unspecified atom stereocenters. The number of aromatic nitrogens is 1. The highest BCUT2D eigenvalue weighted by Crippen LogP contribution is 2.18. The van der Waals surface area contributed by atoms with Crippen molar-refractivity contribution in [2.75, 3.05) is 0 Å². The smallest absolute Gasteiger partial charge is 0.258 e. The summed E-state index contributed by atoms with van der Waals surface area (Å²) in [6.07, 6.45) is 0.277. The van der Waals surface area contributed by atoms with E-state index in [0.29, 0.717) is 5.56 Å². The third-order valence-electron chi connectivity index (χ3n) is 2.94. The summed E-state index contributed by atoms with van der Waals surface area (Å²) in [5.41, 5.74) is 0.424. The molecule has 112 valence electrons. The molecule has 1 aromatic carbocycles. The van der Waals surface area contributed by atoms with Gasteiger partial charge in [0.2, 0.25) is 0 Å². The molecule has 1 aromatic heterocycles. The molecule has 0 saturated carbocycles. The molecule has 7 heteroatoms. The fraction of sp³-hybridized carbons (Fsp3) is 0.214. The summed E-state index contributed by atoms with van der Waals surface area (Å²) in [4.78, 5) is 3.77. The third-order valence-corrected chi connectivity index (χ3v) is 4.41. The summed E-state index contributed by atoms with van der Waals surface area (Å²) in [6.45, 7) is 1.52. The van der Waals surface area contributed by atoms with Gasteiger partial charge in [0.05, 0.1) is 6.10 Å². The fourth-order valence-corrected chi connectivity index (χ4v) is 3.02. The van der Waals surface area contributed by atoms with Gasteiger partial charge in [0, 0.05) is 12.2 Å². The van der Waals surface area contributed by atoms with Crippen LogP contribution >= 0.6 is 0 Å². The van der Waals surface area contributed by atoms with Crippen LogP contribution in [0.1, 0.15) is 18.6 Å². The summed E-state index contributed by atoms with van der Waals surface area (Å²) in [5, 5.41) is 10.00. The molecule has 0 saturated heterocycles. The Morgan fingerprint density at radius 2 is 1.86 bits per heavy atom. The van der Waals surface area contributed by atoms with Gasteiger partial charge in [-0.25, -0.2) is 22.5 Å². The second kappa shape index (κ2) is 6.30. The molecule has 2 aromatic rings. The molecule has 2 atom stereocenters. The lowest BCUT2D eigenvalue weighted by molar-refractivity contribution is 0.146. The number of pyridine rings is 1. The van der Waals surface area contributed by atoms with Gasteiger partial charge in [-0.1, -0.05) is 18.2 Å². The maximum atomic E-state index is 12.8. The Labute approximate surface area is 122 Å². The molecule has 0 bridgehead atoms. The Hall–Kier alpha value is -1.83. The molecule has 21 heavy (non-hydrogen) atoms. The number of nitrogens with zero attached hydrogens (tertiary/aromatic N) is 1. The normalized spacial score (nSPS) is 14.6. The number of benzene rings is 1. The van der Waals surface area contributed by atoms with Gasteiger partial charge in [0.25, 0.3) is 10.0 Å². The highest BCUT2D eigenvalue weighted by Gasteiger charge is 2.24. The summed E-state index contributed by atoms with van der Waals surface area (Å²) in [6, 6.07) is 8.97. The van der Waals surface area contributed by atoms with Gasteiger partial charge in [-0.3, -0.25) is 0 Å². The van der Waals surface area contributed by atoms with Crippen LogP contribution in [0.15, 0.2) is 53.7 Å². The average molecular weight is 310 g/mol. The van der Waals surface area contributed by atoms with E-state index in [2.05, 4.69) is 9.71 Å². The van der Waals surface area contributed by atoms with Gasteiger partial charge < -0.3 is 5.11 Å². The number of nitrogens with one attached hydrogen (secondary N) is 1. The first-order valence-corrected chi connectivity index (χ1v) is 7.75. The Balaban J connectivity index is 2.14. The van der Waals surface area contributed by atoms with Crippen LogP contribution in [-0.4, -0.2) is 24.6 Å². The van der Waals surface area contributed by atoms with E-state index in [0.717, 1.165) is 0 Å². The Kier molecular flexibility index (Phi) is 4.66. The van der Waals surface area contributed by atoms with E-state index in [4.69, 9.17) is 0 Å². The molecular weight excluding hydrogens is 295 g/mol. The first-order chi connectivity index (χ1) is 9.90. The van der Waals surface area contributed by atoms with Crippen LogP contribution in [0.3, 0.4) is 0 Å². The number of halogens is 1. The Morgan fingerprint density at radius 3 is 2.43 bits per heavy atom. The van der Waals surface area contributed by atoms with Gasteiger partial charge in [-0.2, -0.15) is 0 Å². The minimum Gasteiger partial charge on any atom is -0.387 e. The number of sulfonamides is 1. The van der Waals surface area contributed by atoms with Crippen LogP contribution in [0.25, 0.3) is 0 Å². The zero-order valence-electron chi connectivity index (χ0n) is 11.3. The number of aliphatic hydroxyl groups is 1. The maximum absolute atomic E-state index is 12.8. The quantitative estimate of drug-likeness (QED) is 0.879. The Bertz CT molecular complexity index is 690. The first kappa shape index (κ1) is 15.6. The summed E-state index contributed by atoms with van der Waals surface area (Å²) in [7, 11) is -3.82. The third kappa shape index (κ3) is 3.84. The van der Waals surface area contributed by atoms with Gasteiger partial charge in [0.15, 0.2) is 5.03 Å². The lowest BCUT2D eigenvalue weighted by atomic mass is 10.0. The highest BCUT2D eigenvalue weighted by atomic mass is 32.2. The average Bonchev–Trinajstić information content (AvgIpc) is 2.48. The lowest BCUT2D eigenvalue weighted by Gasteiger charge is -2.20. The molecule has 0 aliphatic heterocycles. The standard InChI is InChI=1S/C14H15FN2O3S/c1-10(14(18)11-5-7-12(15)8-6-11)17-21(19,20)13-4-2-3-9-16-13/h2-10,14,17-18H,1H3. The number of hydrogen-bond donors (Lipinski definition) is 2. The monoisotopic (exact) mass is 310 g/mol. The van der Waals surface area contributed by atoms with E-state index in [-0.39, 0.29) is 5.03 Å². The van der Waals surface area contributed by atoms with Crippen LogP contribution in [0, 0.1) is 5.82 Å². The minimum absolute atomic E-state index is 0.122. The van der Waals surface area contributed by atoms with E-state index in [1.54, 1.807) is 12.1 Å². The predicted molar refractivity (Wildman–Crippen MR) is 75.4 cm³/mol. The lowest BCUT2D eigenvalue weighted by Crippen LogP contribution is -2.37. The molecule has 1 heterocycles. The van der Waals surface area contributed by atoms with E-state index in [1.165, 1.54) is 43.5 Å². The fourth-order valence-electron chi connectivity index (χ4n) is 1.82. The van der Waals surface area contributed by atoms with Gasteiger partial charge >= 0.3 is 0 Å². The Morgan fingerprint density at radius 1 is 1.19 bits per heavy atom. The van der Waals surface area contributed by atoms with Crippen molar-refractivity contribution in [3.8, 4) is 0 Å². The van der Waals surface area contributed by atoms with Crippen molar-refractivity contribution in [3.63, 3.8) is 0 Å². The van der Waals surface area contributed by atoms with E-state index < -0.39 is 28.0 Å². The van der Waals surface area contributed by atoms with Crippen molar-refractivity contribution in [2.45, 2.75) is 24.1 Å². The molecule has 0 fully saturated rings. The number of hydrogen-bond acceptors (Lipinski definition) is 4. The van der Waals surface area contributed by atoms with E-state index in [9.17, 15) is 17.9 Å². The van der Waals surface area contributed by atoms with Crippen molar-refractivity contribution in [1.82, 2.24) is 9.71 Å². The van der Waals surface area contributed by atoms with Gasteiger partial charge in [0.1, 0.15) is 5.82 Å².